The maximum Gasteiger partial charge on any atom is 0.320 e. The zero-order chi connectivity index (χ0) is 17.5. The molecule has 0 saturated heterocycles. The Labute approximate surface area is 144 Å². The highest BCUT2D eigenvalue weighted by Crippen LogP contribution is 2.38. The number of carbonyl (C=O) groups excluding carboxylic acids is 1. The second-order valence-electron chi connectivity index (χ2n) is 6.91. The van der Waals surface area contributed by atoms with Crippen molar-refractivity contribution >= 4 is 11.9 Å². The molecule has 4 heteroatoms. The van der Waals surface area contributed by atoms with Crippen molar-refractivity contribution in [2.45, 2.75) is 64.4 Å². The van der Waals surface area contributed by atoms with Crippen LogP contribution in [0.4, 0.5) is 0 Å². The van der Waals surface area contributed by atoms with Crippen LogP contribution < -0.4 is 0 Å². The van der Waals surface area contributed by atoms with E-state index in [4.69, 9.17) is 4.74 Å². The van der Waals surface area contributed by atoms with Gasteiger partial charge in [0.25, 0.3) is 0 Å². The van der Waals surface area contributed by atoms with Crippen molar-refractivity contribution in [2.24, 2.45) is 11.8 Å². The smallest absolute Gasteiger partial charge is 0.320 e. The zero-order valence-corrected chi connectivity index (χ0v) is 14.6. The van der Waals surface area contributed by atoms with Crippen LogP contribution in [0.5, 0.6) is 0 Å². The summed E-state index contributed by atoms with van der Waals surface area (Å²) in [6, 6.07) is 10.5. The van der Waals surface area contributed by atoms with Crippen molar-refractivity contribution in [1.29, 1.82) is 0 Å². The van der Waals surface area contributed by atoms with E-state index in [1.54, 1.807) is 6.92 Å². The van der Waals surface area contributed by atoms with Gasteiger partial charge in [-0.1, -0.05) is 37.3 Å². The molecule has 0 aliphatic heterocycles. The molecule has 1 aromatic carbocycles. The van der Waals surface area contributed by atoms with Crippen molar-refractivity contribution < 1.29 is 19.4 Å². The maximum absolute atomic E-state index is 12.1. The van der Waals surface area contributed by atoms with Crippen molar-refractivity contribution in [3.05, 3.63) is 35.9 Å². The molecule has 2 unspecified atom stereocenters. The van der Waals surface area contributed by atoms with Crippen LogP contribution in [0.3, 0.4) is 0 Å². The Morgan fingerprint density at radius 2 is 1.79 bits per heavy atom. The first-order chi connectivity index (χ1) is 11.5. The number of rotatable bonds is 7. The number of aliphatic carboxylic acids is 1. The van der Waals surface area contributed by atoms with E-state index in [2.05, 4.69) is 24.3 Å². The Kier molecular flexibility index (Phi) is 6.83. The Morgan fingerprint density at radius 3 is 2.33 bits per heavy atom. The topological polar surface area (TPSA) is 63.6 Å². The van der Waals surface area contributed by atoms with Crippen molar-refractivity contribution in [1.82, 2.24) is 0 Å². The maximum atomic E-state index is 12.1. The van der Waals surface area contributed by atoms with E-state index in [9.17, 15) is 14.7 Å². The molecule has 2 rings (SSSR count). The third-order valence-electron chi connectivity index (χ3n) is 5.16. The van der Waals surface area contributed by atoms with Crippen LogP contribution in [0.15, 0.2) is 30.3 Å². The van der Waals surface area contributed by atoms with Gasteiger partial charge in [0.05, 0.1) is 6.10 Å². The summed E-state index contributed by atoms with van der Waals surface area (Å²) in [7, 11) is 0. The zero-order valence-electron chi connectivity index (χ0n) is 14.6. The molecular formula is C20H28O4. The summed E-state index contributed by atoms with van der Waals surface area (Å²) >= 11 is 0. The number of hydrogen-bond donors (Lipinski definition) is 1. The summed E-state index contributed by atoms with van der Waals surface area (Å²) in [6.07, 6.45) is 4.92. The van der Waals surface area contributed by atoms with Crippen LogP contribution in [0.25, 0.3) is 0 Å². The van der Waals surface area contributed by atoms with Gasteiger partial charge in [-0.15, -0.1) is 0 Å². The standard InChI is InChI=1S/C20H28O4/c1-3-14(2)24-20(23)18(19(21)22)13-15-9-11-17(12-10-15)16-7-5-4-6-8-16/h4-8,14-15,17-18H,3,9-13H2,1-2H3,(H,21,22). The minimum Gasteiger partial charge on any atom is -0.481 e. The predicted octanol–water partition coefficient (Wildman–Crippen LogP) is 4.39. The number of esters is 1. The molecule has 1 aliphatic rings. The molecule has 0 radical (unpaired) electrons. The first-order valence-corrected chi connectivity index (χ1v) is 8.99. The van der Waals surface area contributed by atoms with Gasteiger partial charge in [-0.05, 0) is 62.8 Å². The van der Waals surface area contributed by atoms with Crippen LogP contribution in [0.1, 0.15) is 63.9 Å². The third-order valence-corrected chi connectivity index (χ3v) is 5.16. The number of carbonyl (C=O) groups is 2. The van der Waals surface area contributed by atoms with Crippen molar-refractivity contribution in [3.63, 3.8) is 0 Å². The highest BCUT2D eigenvalue weighted by atomic mass is 16.5. The van der Waals surface area contributed by atoms with Crippen LogP contribution >= 0.6 is 0 Å². The first kappa shape index (κ1) is 18.5. The van der Waals surface area contributed by atoms with Crippen LogP contribution in [-0.2, 0) is 14.3 Å². The summed E-state index contributed by atoms with van der Waals surface area (Å²) in [5, 5.41) is 9.39. The van der Waals surface area contributed by atoms with E-state index in [1.807, 2.05) is 13.0 Å². The van der Waals surface area contributed by atoms with E-state index < -0.39 is 17.9 Å². The van der Waals surface area contributed by atoms with E-state index in [0.29, 0.717) is 18.8 Å². The second-order valence-corrected chi connectivity index (χ2v) is 6.91. The number of benzene rings is 1. The number of hydrogen-bond acceptors (Lipinski definition) is 3. The van der Waals surface area contributed by atoms with Gasteiger partial charge >= 0.3 is 11.9 Å². The van der Waals surface area contributed by atoms with Gasteiger partial charge in [0.2, 0.25) is 0 Å². The van der Waals surface area contributed by atoms with Crippen LogP contribution in [0, 0.1) is 11.8 Å². The number of ether oxygens (including phenoxy) is 1. The molecule has 1 saturated carbocycles. The quantitative estimate of drug-likeness (QED) is 0.594. The lowest BCUT2D eigenvalue weighted by molar-refractivity contribution is -0.162. The number of carboxylic acids is 1. The summed E-state index contributed by atoms with van der Waals surface area (Å²) < 4.78 is 5.24. The SMILES string of the molecule is CCC(C)OC(=O)C(CC1CCC(c2ccccc2)CC1)C(=O)O. The average molecular weight is 332 g/mol. The minimum atomic E-state index is -1.06. The molecule has 132 valence electrons. The molecule has 1 aromatic rings. The molecule has 0 amide bonds. The molecule has 0 aromatic heterocycles. The summed E-state index contributed by atoms with van der Waals surface area (Å²) in [5.41, 5.74) is 1.36. The molecule has 1 aliphatic carbocycles. The van der Waals surface area contributed by atoms with Crippen molar-refractivity contribution in [3.8, 4) is 0 Å². The molecule has 1 fully saturated rings. The molecule has 24 heavy (non-hydrogen) atoms. The minimum absolute atomic E-state index is 0.229. The lowest BCUT2D eigenvalue weighted by atomic mass is 9.75. The molecular weight excluding hydrogens is 304 g/mol. The fourth-order valence-electron chi connectivity index (χ4n) is 3.45. The highest BCUT2D eigenvalue weighted by Gasteiger charge is 2.33. The van der Waals surface area contributed by atoms with Crippen molar-refractivity contribution in [2.75, 3.05) is 0 Å². The van der Waals surface area contributed by atoms with E-state index in [1.165, 1.54) is 5.56 Å². The number of carboxylic acid groups (broad SMARTS) is 1. The highest BCUT2D eigenvalue weighted by molar-refractivity contribution is 5.93. The van der Waals surface area contributed by atoms with Gasteiger partial charge < -0.3 is 9.84 Å². The average Bonchev–Trinajstić information content (AvgIpc) is 2.60. The second kappa shape index (κ2) is 8.86. The van der Waals surface area contributed by atoms with Gasteiger partial charge in [-0.25, -0.2) is 0 Å². The van der Waals surface area contributed by atoms with Crippen LogP contribution in [-0.4, -0.2) is 23.1 Å². The molecule has 4 nitrogen and oxygen atoms in total. The fourth-order valence-corrected chi connectivity index (χ4v) is 3.45. The van der Waals surface area contributed by atoms with Gasteiger partial charge in [-0.3, -0.25) is 9.59 Å². The van der Waals surface area contributed by atoms with E-state index in [0.717, 1.165) is 25.7 Å². The van der Waals surface area contributed by atoms with Gasteiger partial charge in [0.1, 0.15) is 0 Å². The first-order valence-electron chi connectivity index (χ1n) is 8.99. The van der Waals surface area contributed by atoms with Gasteiger partial charge in [0.15, 0.2) is 5.92 Å². The molecule has 0 spiro atoms. The Balaban J connectivity index is 1.88. The Hall–Kier alpha value is -1.84. The Bertz CT molecular complexity index is 532. The largest absolute Gasteiger partial charge is 0.481 e. The molecule has 0 bridgehead atoms. The van der Waals surface area contributed by atoms with E-state index in [-0.39, 0.29) is 12.0 Å². The van der Waals surface area contributed by atoms with E-state index >= 15 is 0 Å². The molecule has 1 N–H and O–H groups in total. The summed E-state index contributed by atoms with van der Waals surface area (Å²) in [4.78, 5) is 23.6. The lowest BCUT2D eigenvalue weighted by Crippen LogP contribution is -2.31. The molecule has 0 heterocycles. The van der Waals surface area contributed by atoms with Gasteiger partial charge in [-0.2, -0.15) is 0 Å². The normalized spacial score (nSPS) is 23.2. The summed E-state index contributed by atoms with van der Waals surface area (Å²) in [6.45, 7) is 3.71. The Morgan fingerprint density at radius 1 is 1.17 bits per heavy atom. The lowest BCUT2D eigenvalue weighted by Gasteiger charge is -2.30. The molecule has 2 atom stereocenters. The van der Waals surface area contributed by atoms with Crippen LogP contribution in [0.2, 0.25) is 0 Å². The predicted molar refractivity (Wildman–Crippen MR) is 92.7 cm³/mol. The monoisotopic (exact) mass is 332 g/mol. The van der Waals surface area contributed by atoms with Gasteiger partial charge in [0, 0.05) is 0 Å². The summed E-state index contributed by atoms with van der Waals surface area (Å²) in [5.74, 6) is -1.83. The third kappa shape index (κ3) is 5.08. The fraction of sp³-hybridized carbons (Fsp3) is 0.600.